The highest BCUT2D eigenvalue weighted by atomic mass is 19.3. The van der Waals surface area contributed by atoms with Gasteiger partial charge in [0.1, 0.15) is 17.9 Å². The Balaban J connectivity index is 2.92. The third-order valence-electron chi connectivity index (χ3n) is 1.79. The van der Waals surface area contributed by atoms with Gasteiger partial charge in [-0.1, -0.05) is 0 Å². The van der Waals surface area contributed by atoms with Gasteiger partial charge in [0.05, 0.1) is 6.61 Å². The van der Waals surface area contributed by atoms with Crippen LogP contribution in [0.1, 0.15) is 17.3 Å². The van der Waals surface area contributed by atoms with Gasteiger partial charge >= 0.3 is 12.1 Å². The van der Waals surface area contributed by atoms with Crippen LogP contribution in [0.15, 0.2) is 18.2 Å². The van der Waals surface area contributed by atoms with E-state index < -0.39 is 23.6 Å². The lowest BCUT2D eigenvalue weighted by molar-refractivity contribution is -0.216. The number of halogens is 3. The van der Waals surface area contributed by atoms with Crippen LogP contribution in [0.5, 0.6) is 5.75 Å². The van der Waals surface area contributed by atoms with Crippen molar-refractivity contribution in [2.75, 3.05) is 6.61 Å². The molecule has 4 nitrogen and oxygen atoms in total. The molecule has 0 radical (unpaired) electrons. The van der Waals surface area contributed by atoms with E-state index in [2.05, 4.69) is 9.47 Å². The number of esters is 1. The van der Waals surface area contributed by atoms with Gasteiger partial charge in [0, 0.05) is 11.6 Å². The van der Waals surface area contributed by atoms with E-state index in [1.54, 1.807) is 0 Å². The van der Waals surface area contributed by atoms with Gasteiger partial charge in [0.25, 0.3) is 0 Å². The molecule has 1 aromatic carbocycles. The number of carbonyl (C=O) groups excluding carboxylic acids is 2. The molecular weight excluding hydrogens is 253 g/mol. The summed E-state index contributed by atoms with van der Waals surface area (Å²) in [6.07, 6.45) is -3.98. The van der Waals surface area contributed by atoms with E-state index in [-0.39, 0.29) is 18.5 Å². The van der Waals surface area contributed by atoms with Gasteiger partial charge in [-0.25, -0.2) is 9.18 Å². The summed E-state index contributed by atoms with van der Waals surface area (Å²) in [6, 6.07) is 2.34. The molecule has 0 aliphatic rings. The minimum absolute atomic E-state index is 0.190. The Morgan fingerprint density at radius 1 is 1.39 bits per heavy atom. The summed E-state index contributed by atoms with van der Waals surface area (Å²) in [5.41, 5.74) is -0.190. The van der Waals surface area contributed by atoms with Gasteiger partial charge in [0.2, 0.25) is 0 Å². The molecule has 0 spiro atoms. The summed E-state index contributed by atoms with van der Waals surface area (Å²) in [6.45, 7) is 1.10. The Kier molecular flexibility index (Phi) is 4.30. The zero-order chi connectivity index (χ0) is 13.8. The second-order valence-electron chi connectivity index (χ2n) is 3.18. The number of rotatable bonds is 5. The van der Waals surface area contributed by atoms with Crippen molar-refractivity contribution >= 4 is 12.3 Å². The summed E-state index contributed by atoms with van der Waals surface area (Å²) in [5.74, 6) is -3.47. The van der Waals surface area contributed by atoms with Crippen LogP contribution in [0, 0.1) is 5.82 Å². The van der Waals surface area contributed by atoms with Crippen molar-refractivity contribution in [1.29, 1.82) is 0 Å². The smallest absolute Gasteiger partial charge is 0.459 e. The summed E-state index contributed by atoms with van der Waals surface area (Å²) in [5, 5.41) is 0. The third kappa shape index (κ3) is 3.47. The molecular formula is C11H9F3O4. The number of hydrogen-bond donors (Lipinski definition) is 0. The molecule has 0 aliphatic heterocycles. The van der Waals surface area contributed by atoms with Crippen molar-refractivity contribution in [1.82, 2.24) is 0 Å². The minimum atomic E-state index is -4.25. The largest absolute Gasteiger partial charge is 0.502 e. The van der Waals surface area contributed by atoms with E-state index in [0.717, 1.165) is 12.1 Å². The third-order valence-corrected chi connectivity index (χ3v) is 1.79. The molecule has 0 N–H and O–H groups in total. The molecule has 7 heteroatoms. The number of ether oxygens (including phenoxy) is 2. The van der Waals surface area contributed by atoms with Crippen molar-refractivity contribution in [2.45, 2.75) is 13.0 Å². The molecule has 0 fully saturated rings. The molecule has 1 aromatic rings. The Morgan fingerprint density at radius 2 is 2.06 bits per heavy atom. The van der Waals surface area contributed by atoms with Crippen LogP contribution >= 0.6 is 0 Å². The standard InChI is InChI=1S/C11H9F3O4/c1-2-17-10(16)11(13,14)18-9-4-7(6-15)3-8(12)5-9/h3-6H,2H2,1H3. The van der Waals surface area contributed by atoms with Gasteiger partial charge in [-0.15, -0.1) is 0 Å². The normalized spacial score (nSPS) is 10.9. The predicted molar refractivity (Wildman–Crippen MR) is 54.0 cm³/mol. The first-order valence-corrected chi connectivity index (χ1v) is 4.89. The topological polar surface area (TPSA) is 52.6 Å². The first-order chi connectivity index (χ1) is 8.39. The molecule has 0 aromatic heterocycles. The summed E-state index contributed by atoms with van der Waals surface area (Å²) < 4.78 is 47.4. The van der Waals surface area contributed by atoms with Gasteiger partial charge in [0.15, 0.2) is 0 Å². The van der Waals surface area contributed by atoms with Gasteiger partial charge in [-0.2, -0.15) is 8.78 Å². The second kappa shape index (κ2) is 5.52. The average Bonchev–Trinajstić information content (AvgIpc) is 2.27. The highest BCUT2D eigenvalue weighted by Crippen LogP contribution is 2.24. The zero-order valence-corrected chi connectivity index (χ0v) is 9.28. The molecule has 0 bridgehead atoms. The first kappa shape index (κ1) is 14.0. The number of carbonyl (C=O) groups is 2. The van der Waals surface area contributed by atoms with Crippen molar-refractivity contribution in [2.24, 2.45) is 0 Å². The fourth-order valence-electron chi connectivity index (χ4n) is 1.12. The molecule has 0 aliphatic carbocycles. The van der Waals surface area contributed by atoms with E-state index in [1.165, 1.54) is 6.92 Å². The lowest BCUT2D eigenvalue weighted by atomic mass is 10.2. The molecule has 0 saturated heterocycles. The van der Waals surface area contributed by atoms with Gasteiger partial charge < -0.3 is 9.47 Å². The summed E-state index contributed by atoms with van der Waals surface area (Å²) >= 11 is 0. The van der Waals surface area contributed by atoms with Crippen LogP contribution in [0.2, 0.25) is 0 Å². The Labute approximate surface area is 100 Å². The monoisotopic (exact) mass is 262 g/mol. The van der Waals surface area contributed by atoms with E-state index in [1.807, 2.05) is 0 Å². The number of alkyl halides is 2. The number of aldehydes is 1. The maximum atomic E-state index is 13.1. The molecule has 18 heavy (non-hydrogen) atoms. The minimum Gasteiger partial charge on any atom is -0.459 e. The molecule has 0 amide bonds. The highest BCUT2D eigenvalue weighted by molar-refractivity contribution is 5.77. The maximum Gasteiger partial charge on any atom is 0.502 e. The van der Waals surface area contributed by atoms with Crippen molar-refractivity contribution in [3.8, 4) is 5.75 Å². The fourth-order valence-corrected chi connectivity index (χ4v) is 1.12. The fraction of sp³-hybridized carbons (Fsp3) is 0.273. The van der Waals surface area contributed by atoms with E-state index in [9.17, 15) is 22.8 Å². The predicted octanol–water partition coefficient (Wildman–Crippen LogP) is 2.17. The van der Waals surface area contributed by atoms with Crippen molar-refractivity contribution in [3.63, 3.8) is 0 Å². The Bertz CT molecular complexity index is 460. The summed E-state index contributed by atoms with van der Waals surface area (Å²) in [4.78, 5) is 21.3. The van der Waals surface area contributed by atoms with Crippen LogP contribution in [0.3, 0.4) is 0 Å². The summed E-state index contributed by atoms with van der Waals surface area (Å²) in [7, 11) is 0. The van der Waals surface area contributed by atoms with Crippen LogP contribution in [0.25, 0.3) is 0 Å². The molecule has 0 atom stereocenters. The quantitative estimate of drug-likeness (QED) is 0.602. The van der Waals surface area contributed by atoms with Crippen LogP contribution in [-0.2, 0) is 9.53 Å². The molecule has 0 saturated carbocycles. The van der Waals surface area contributed by atoms with E-state index in [4.69, 9.17) is 0 Å². The van der Waals surface area contributed by atoms with Crippen molar-refractivity contribution < 1.29 is 32.2 Å². The lowest BCUT2D eigenvalue weighted by Crippen LogP contribution is -2.36. The highest BCUT2D eigenvalue weighted by Gasteiger charge is 2.44. The zero-order valence-electron chi connectivity index (χ0n) is 9.28. The lowest BCUT2D eigenvalue weighted by Gasteiger charge is -2.16. The van der Waals surface area contributed by atoms with E-state index in [0.29, 0.717) is 6.07 Å². The van der Waals surface area contributed by atoms with Gasteiger partial charge in [-0.3, -0.25) is 4.79 Å². The van der Waals surface area contributed by atoms with Gasteiger partial charge in [-0.05, 0) is 19.1 Å². The Hall–Kier alpha value is -2.05. The second-order valence-corrected chi connectivity index (χ2v) is 3.18. The van der Waals surface area contributed by atoms with Crippen molar-refractivity contribution in [3.05, 3.63) is 29.6 Å². The molecule has 0 unspecified atom stereocenters. The first-order valence-electron chi connectivity index (χ1n) is 4.89. The average molecular weight is 262 g/mol. The molecule has 0 heterocycles. The van der Waals surface area contributed by atoms with Crippen LogP contribution in [-0.4, -0.2) is 25.0 Å². The number of benzene rings is 1. The molecule has 98 valence electrons. The SMILES string of the molecule is CCOC(=O)C(F)(F)Oc1cc(F)cc(C=O)c1. The molecule has 1 rings (SSSR count). The number of hydrogen-bond acceptors (Lipinski definition) is 4. The van der Waals surface area contributed by atoms with E-state index >= 15 is 0 Å². The van der Waals surface area contributed by atoms with Crippen LogP contribution in [0.4, 0.5) is 13.2 Å². The maximum absolute atomic E-state index is 13.1. The Morgan fingerprint density at radius 3 is 2.61 bits per heavy atom. The van der Waals surface area contributed by atoms with Crippen LogP contribution < -0.4 is 4.74 Å².